The van der Waals surface area contributed by atoms with Crippen LogP contribution in [0.2, 0.25) is 0 Å². The number of benzene rings is 1. The number of carbonyl (C=O) groups is 3. The fourth-order valence-electron chi connectivity index (χ4n) is 2.72. The van der Waals surface area contributed by atoms with Gasteiger partial charge in [-0.15, -0.1) is 0 Å². The summed E-state index contributed by atoms with van der Waals surface area (Å²) in [6.45, 7) is 0.699. The van der Waals surface area contributed by atoms with Crippen molar-refractivity contribution in [3.8, 4) is 5.75 Å². The van der Waals surface area contributed by atoms with Crippen LogP contribution in [-0.2, 0) is 20.9 Å². The van der Waals surface area contributed by atoms with Gasteiger partial charge in [0.15, 0.2) is 0 Å². The Kier molecular flexibility index (Phi) is 6.17. The Hall–Kier alpha value is -2.57. The predicted octanol–water partition coefficient (Wildman–Crippen LogP) is 0.296. The molecule has 0 spiro atoms. The average Bonchev–Trinajstić information content (AvgIpc) is 2.61. The van der Waals surface area contributed by atoms with Crippen molar-refractivity contribution in [2.75, 3.05) is 27.2 Å². The van der Waals surface area contributed by atoms with Gasteiger partial charge in [-0.05, 0) is 12.5 Å². The van der Waals surface area contributed by atoms with Gasteiger partial charge in [0, 0.05) is 32.1 Å². The van der Waals surface area contributed by atoms with Gasteiger partial charge < -0.3 is 20.3 Å². The molecular weight excluding hydrogens is 310 g/mol. The monoisotopic (exact) mass is 333 g/mol. The summed E-state index contributed by atoms with van der Waals surface area (Å²) in [5.41, 5.74) is 0.903. The Balaban J connectivity index is 1.99. The van der Waals surface area contributed by atoms with E-state index in [1.54, 1.807) is 12.0 Å². The minimum absolute atomic E-state index is 0.0243. The third kappa shape index (κ3) is 4.47. The zero-order valence-corrected chi connectivity index (χ0v) is 14.0. The fourth-order valence-corrected chi connectivity index (χ4v) is 2.72. The van der Waals surface area contributed by atoms with Gasteiger partial charge in [0.2, 0.25) is 17.7 Å². The molecule has 0 bridgehead atoms. The zero-order valence-electron chi connectivity index (χ0n) is 14.0. The van der Waals surface area contributed by atoms with Crippen LogP contribution in [0.5, 0.6) is 5.75 Å². The van der Waals surface area contributed by atoms with Crippen LogP contribution in [0.3, 0.4) is 0 Å². The number of rotatable bonds is 6. The number of amides is 3. The van der Waals surface area contributed by atoms with Gasteiger partial charge in [0.1, 0.15) is 5.75 Å². The molecule has 0 saturated carbocycles. The molecular formula is C17H23N3O4. The van der Waals surface area contributed by atoms with Crippen LogP contribution in [0, 0.1) is 5.92 Å². The molecule has 0 aliphatic carbocycles. The van der Waals surface area contributed by atoms with Crippen molar-refractivity contribution >= 4 is 17.7 Å². The first-order chi connectivity index (χ1) is 11.5. The first-order valence-electron chi connectivity index (χ1n) is 7.93. The van der Waals surface area contributed by atoms with Crippen LogP contribution in [0.15, 0.2) is 24.3 Å². The SMILES string of the molecule is CNC(=O)CNC(=O)C1CCC(=O)N(Cc2ccccc2OC)C1. The lowest BCUT2D eigenvalue weighted by Gasteiger charge is -2.32. The quantitative estimate of drug-likeness (QED) is 0.784. The normalized spacial score (nSPS) is 17.3. The maximum atomic E-state index is 12.2. The van der Waals surface area contributed by atoms with Gasteiger partial charge in [-0.3, -0.25) is 14.4 Å². The zero-order chi connectivity index (χ0) is 17.5. The summed E-state index contributed by atoms with van der Waals surface area (Å²) in [6, 6.07) is 7.51. The van der Waals surface area contributed by atoms with Gasteiger partial charge in [0.05, 0.1) is 19.6 Å². The van der Waals surface area contributed by atoms with Crippen molar-refractivity contribution in [1.82, 2.24) is 15.5 Å². The van der Waals surface area contributed by atoms with Crippen molar-refractivity contribution < 1.29 is 19.1 Å². The van der Waals surface area contributed by atoms with Gasteiger partial charge in [0.25, 0.3) is 0 Å². The number of nitrogens with one attached hydrogen (secondary N) is 2. The molecule has 1 atom stereocenters. The van der Waals surface area contributed by atoms with Crippen LogP contribution >= 0.6 is 0 Å². The minimum Gasteiger partial charge on any atom is -0.496 e. The highest BCUT2D eigenvalue weighted by atomic mass is 16.5. The number of carbonyl (C=O) groups excluding carboxylic acids is 3. The van der Waals surface area contributed by atoms with E-state index < -0.39 is 0 Å². The molecule has 1 fully saturated rings. The number of nitrogens with zero attached hydrogens (tertiary/aromatic N) is 1. The maximum absolute atomic E-state index is 12.2. The molecule has 130 valence electrons. The Morgan fingerprint density at radius 3 is 2.79 bits per heavy atom. The molecule has 7 heteroatoms. The second kappa shape index (κ2) is 8.33. The van der Waals surface area contributed by atoms with E-state index in [1.807, 2.05) is 24.3 Å². The van der Waals surface area contributed by atoms with E-state index in [0.717, 1.165) is 11.3 Å². The number of ether oxygens (including phenoxy) is 1. The predicted molar refractivity (Wildman–Crippen MR) is 88.2 cm³/mol. The Labute approximate surface area is 141 Å². The molecule has 3 amide bonds. The van der Waals surface area contributed by atoms with Crippen molar-refractivity contribution in [3.63, 3.8) is 0 Å². The van der Waals surface area contributed by atoms with Crippen LogP contribution < -0.4 is 15.4 Å². The molecule has 2 N–H and O–H groups in total. The third-order valence-electron chi connectivity index (χ3n) is 4.13. The molecule has 0 aromatic heterocycles. The lowest BCUT2D eigenvalue weighted by Crippen LogP contribution is -2.47. The van der Waals surface area contributed by atoms with E-state index in [4.69, 9.17) is 4.74 Å². The van der Waals surface area contributed by atoms with Gasteiger partial charge in [-0.25, -0.2) is 0 Å². The number of methoxy groups -OCH3 is 1. The first kappa shape index (κ1) is 17.8. The van der Waals surface area contributed by atoms with Crippen molar-refractivity contribution in [1.29, 1.82) is 0 Å². The molecule has 24 heavy (non-hydrogen) atoms. The molecule has 1 aliphatic heterocycles. The molecule has 2 rings (SSSR count). The summed E-state index contributed by atoms with van der Waals surface area (Å²) >= 11 is 0. The second-order valence-corrected chi connectivity index (χ2v) is 5.71. The molecule has 1 aromatic rings. The van der Waals surface area contributed by atoms with Crippen molar-refractivity contribution in [2.24, 2.45) is 5.92 Å². The number of hydrogen-bond acceptors (Lipinski definition) is 4. The third-order valence-corrected chi connectivity index (χ3v) is 4.13. The topological polar surface area (TPSA) is 87.7 Å². The van der Waals surface area contributed by atoms with Crippen molar-refractivity contribution in [3.05, 3.63) is 29.8 Å². The summed E-state index contributed by atoms with van der Waals surface area (Å²) < 4.78 is 5.31. The molecule has 0 radical (unpaired) electrons. The second-order valence-electron chi connectivity index (χ2n) is 5.71. The minimum atomic E-state index is -0.304. The highest BCUT2D eigenvalue weighted by Crippen LogP contribution is 2.24. The summed E-state index contributed by atoms with van der Waals surface area (Å²) in [6.07, 6.45) is 0.827. The van der Waals surface area contributed by atoms with E-state index >= 15 is 0 Å². The summed E-state index contributed by atoms with van der Waals surface area (Å²) in [7, 11) is 3.11. The lowest BCUT2D eigenvalue weighted by atomic mass is 9.96. The molecule has 7 nitrogen and oxygen atoms in total. The van der Waals surface area contributed by atoms with Crippen LogP contribution in [0.1, 0.15) is 18.4 Å². The highest BCUT2D eigenvalue weighted by molar-refractivity contribution is 5.87. The number of likely N-dealkylation sites (N-methyl/N-ethyl adjacent to an activating group) is 1. The Bertz CT molecular complexity index is 618. The number of piperidine rings is 1. The maximum Gasteiger partial charge on any atom is 0.239 e. The van der Waals surface area contributed by atoms with Crippen LogP contribution in [0.25, 0.3) is 0 Å². The fraction of sp³-hybridized carbons (Fsp3) is 0.471. The summed E-state index contributed by atoms with van der Waals surface area (Å²) in [5.74, 6) is -0.00736. The van der Waals surface area contributed by atoms with E-state index in [1.165, 1.54) is 7.05 Å². The molecule has 1 aromatic carbocycles. The Morgan fingerprint density at radius 2 is 2.08 bits per heavy atom. The largest absolute Gasteiger partial charge is 0.496 e. The Morgan fingerprint density at radius 1 is 1.33 bits per heavy atom. The standard InChI is InChI=1S/C17H23N3O4/c1-18-15(21)9-19-17(23)13-7-8-16(22)20(11-13)10-12-5-3-4-6-14(12)24-2/h3-6,13H,7-11H2,1-2H3,(H,18,21)(H,19,23). The van der Waals surface area contributed by atoms with Gasteiger partial charge in [-0.1, -0.05) is 18.2 Å². The summed E-state index contributed by atoms with van der Waals surface area (Å²) in [5, 5.41) is 5.06. The smallest absolute Gasteiger partial charge is 0.239 e. The molecule has 1 saturated heterocycles. The lowest BCUT2D eigenvalue weighted by molar-refractivity contribution is -0.139. The van der Waals surface area contributed by atoms with Gasteiger partial charge >= 0.3 is 0 Å². The molecule has 1 heterocycles. The van der Waals surface area contributed by atoms with Crippen LogP contribution in [-0.4, -0.2) is 49.9 Å². The average molecular weight is 333 g/mol. The highest BCUT2D eigenvalue weighted by Gasteiger charge is 2.30. The van der Waals surface area contributed by atoms with Gasteiger partial charge in [-0.2, -0.15) is 0 Å². The molecule has 1 aliphatic rings. The van der Waals surface area contributed by atoms with E-state index in [0.29, 0.717) is 25.9 Å². The number of hydrogen-bond donors (Lipinski definition) is 2. The number of likely N-dealkylation sites (tertiary alicyclic amines) is 1. The van der Waals surface area contributed by atoms with Crippen molar-refractivity contribution in [2.45, 2.75) is 19.4 Å². The number of para-hydroxylation sites is 1. The molecule has 1 unspecified atom stereocenters. The van der Waals surface area contributed by atoms with Crippen LogP contribution in [0.4, 0.5) is 0 Å². The van der Waals surface area contributed by atoms with E-state index in [9.17, 15) is 14.4 Å². The summed E-state index contributed by atoms with van der Waals surface area (Å²) in [4.78, 5) is 37.3. The van der Waals surface area contributed by atoms with E-state index in [-0.39, 0.29) is 30.2 Å². The first-order valence-corrected chi connectivity index (χ1v) is 7.93. The van der Waals surface area contributed by atoms with E-state index in [2.05, 4.69) is 10.6 Å².